The van der Waals surface area contributed by atoms with E-state index in [0.717, 1.165) is 12.8 Å². The van der Waals surface area contributed by atoms with E-state index in [2.05, 4.69) is 49.9 Å². The van der Waals surface area contributed by atoms with Crippen molar-refractivity contribution in [2.24, 2.45) is 0 Å². The van der Waals surface area contributed by atoms with Gasteiger partial charge < -0.3 is 4.57 Å². The summed E-state index contributed by atoms with van der Waals surface area (Å²) >= 11 is 0. The third-order valence-electron chi connectivity index (χ3n) is 5.94. The van der Waals surface area contributed by atoms with E-state index in [0.29, 0.717) is 37.3 Å². The molecule has 164 valence electrons. The second-order valence-corrected chi connectivity index (χ2v) is 10.2. The molecule has 3 heterocycles. The molecule has 0 saturated carbocycles. The summed E-state index contributed by atoms with van der Waals surface area (Å²) in [4.78, 5) is 21.3. The molecule has 1 aliphatic rings. The Morgan fingerprint density at radius 3 is 2.56 bits per heavy atom. The predicted molar refractivity (Wildman–Crippen MR) is 123 cm³/mol. The van der Waals surface area contributed by atoms with Crippen molar-refractivity contribution in [3.8, 4) is 0 Å². The van der Waals surface area contributed by atoms with E-state index >= 15 is 0 Å². The summed E-state index contributed by atoms with van der Waals surface area (Å²) < 4.78 is 26.1. The van der Waals surface area contributed by atoms with Crippen LogP contribution in [0.2, 0.25) is 0 Å². The average molecular weight is 449 g/mol. The van der Waals surface area contributed by atoms with Gasteiger partial charge >= 0.3 is 0 Å². The summed E-state index contributed by atoms with van der Waals surface area (Å²) in [5.41, 5.74) is 4.40. The number of H-pyrrole nitrogens is 1. The van der Waals surface area contributed by atoms with Gasteiger partial charge in [-0.1, -0.05) is 48.5 Å². The zero-order valence-electron chi connectivity index (χ0n) is 17.8. The van der Waals surface area contributed by atoms with E-state index in [1.54, 1.807) is 0 Å². The van der Waals surface area contributed by atoms with E-state index in [1.807, 2.05) is 30.3 Å². The minimum Gasteiger partial charge on any atom is -0.343 e. The van der Waals surface area contributed by atoms with Gasteiger partial charge in [-0.05, 0) is 23.6 Å². The van der Waals surface area contributed by atoms with Gasteiger partial charge in [0.25, 0.3) is 5.56 Å². The van der Waals surface area contributed by atoms with Crippen LogP contribution in [0, 0.1) is 0 Å². The summed E-state index contributed by atoms with van der Waals surface area (Å²) in [7, 11) is -3.58. The molecule has 0 unspecified atom stereocenters. The number of aromatic nitrogens is 3. The predicted octanol–water partition coefficient (Wildman–Crippen LogP) is 2.73. The van der Waals surface area contributed by atoms with Crippen LogP contribution in [0.4, 0.5) is 0 Å². The van der Waals surface area contributed by atoms with Crippen molar-refractivity contribution < 1.29 is 8.42 Å². The monoisotopic (exact) mass is 448 g/mol. The maximum Gasteiger partial charge on any atom is 0.255 e. The quantitative estimate of drug-likeness (QED) is 0.475. The van der Waals surface area contributed by atoms with Crippen molar-refractivity contribution in [2.45, 2.75) is 31.2 Å². The van der Waals surface area contributed by atoms with Crippen LogP contribution in [0.1, 0.15) is 22.4 Å². The fraction of sp³-hybridized carbons (Fsp3) is 0.250. The van der Waals surface area contributed by atoms with E-state index in [4.69, 9.17) is 0 Å². The summed E-state index contributed by atoms with van der Waals surface area (Å²) in [6.07, 6.45) is 3.80. The molecule has 2 aromatic carbocycles. The number of hydrogen-bond donors (Lipinski definition) is 1. The van der Waals surface area contributed by atoms with Crippen LogP contribution in [-0.2, 0) is 35.9 Å². The third kappa shape index (κ3) is 3.99. The van der Waals surface area contributed by atoms with E-state index in [1.165, 1.54) is 22.0 Å². The van der Waals surface area contributed by atoms with Crippen molar-refractivity contribution in [2.75, 3.05) is 12.8 Å². The highest BCUT2D eigenvalue weighted by Crippen LogP contribution is 2.25. The van der Waals surface area contributed by atoms with Gasteiger partial charge in [-0.15, -0.1) is 0 Å². The standard InChI is InChI=1S/C24H24N4O3S/c1-32(30,31)24-25-21-16-27(12-11-20(21)23(29)26-24)14-18-15-28(13-17-7-3-2-4-8-17)22-10-6-5-9-19(18)22/h2-10,15H,11-14,16H2,1H3,(H,25,26,29). The Morgan fingerprint density at radius 2 is 1.78 bits per heavy atom. The van der Waals surface area contributed by atoms with E-state index in [9.17, 15) is 13.2 Å². The summed E-state index contributed by atoms with van der Waals surface area (Å²) in [5.74, 6) is 0. The molecule has 0 atom stereocenters. The zero-order chi connectivity index (χ0) is 22.3. The first-order valence-corrected chi connectivity index (χ1v) is 12.4. The van der Waals surface area contributed by atoms with Crippen molar-refractivity contribution in [3.05, 3.63) is 93.5 Å². The molecule has 0 aliphatic carbocycles. The molecule has 1 N–H and O–H groups in total. The highest BCUT2D eigenvalue weighted by Gasteiger charge is 2.24. The summed E-state index contributed by atoms with van der Waals surface area (Å²) in [6.45, 7) is 2.65. The molecule has 0 bridgehead atoms. The lowest BCUT2D eigenvalue weighted by atomic mass is 10.1. The fourth-order valence-electron chi connectivity index (χ4n) is 4.38. The zero-order valence-corrected chi connectivity index (χ0v) is 18.6. The smallest absolute Gasteiger partial charge is 0.255 e. The first-order chi connectivity index (χ1) is 15.4. The van der Waals surface area contributed by atoms with Gasteiger partial charge in [0.1, 0.15) is 0 Å². The van der Waals surface area contributed by atoms with Gasteiger partial charge in [0.15, 0.2) is 0 Å². The molecule has 2 aromatic heterocycles. The van der Waals surface area contributed by atoms with Gasteiger partial charge in [0.2, 0.25) is 15.0 Å². The number of nitrogens with one attached hydrogen (secondary N) is 1. The van der Waals surface area contributed by atoms with Gasteiger partial charge in [-0.25, -0.2) is 13.4 Å². The lowest BCUT2D eigenvalue weighted by Crippen LogP contribution is -2.35. The maximum absolute atomic E-state index is 12.4. The SMILES string of the molecule is CS(=O)(=O)c1nc2c(c(=O)[nH]1)CCN(Cc1cn(Cc3ccccc3)c3ccccc13)C2. The molecule has 0 radical (unpaired) electrons. The Bertz CT molecular complexity index is 1460. The van der Waals surface area contributed by atoms with Crippen molar-refractivity contribution >= 4 is 20.7 Å². The minimum absolute atomic E-state index is 0.262. The molecule has 0 saturated heterocycles. The normalized spacial score (nSPS) is 14.5. The molecule has 0 amide bonds. The second kappa shape index (κ2) is 8.03. The first-order valence-electron chi connectivity index (χ1n) is 10.5. The highest BCUT2D eigenvalue weighted by atomic mass is 32.2. The number of nitrogens with zero attached hydrogens (tertiary/aromatic N) is 3. The Labute approximate surface area is 186 Å². The molecule has 0 fully saturated rings. The van der Waals surface area contributed by atoms with Crippen LogP contribution < -0.4 is 5.56 Å². The summed E-state index contributed by atoms with van der Waals surface area (Å²) in [5, 5.41) is 0.937. The molecule has 5 rings (SSSR count). The van der Waals surface area contributed by atoms with Crippen LogP contribution in [0.5, 0.6) is 0 Å². The van der Waals surface area contributed by atoms with E-state index < -0.39 is 9.84 Å². The van der Waals surface area contributed by atoms with Gasteiger partial charge in [0, 0.05) is 55.1 Å². The van der Waals surface area contributed by atoms with E-state index in [-0.39, 0.29) is 10.7 Å². The lowest BCUT2D eigenvalue weighted by Gasteiger charge is -2.27. The molecule has 32 heavy (non-hydrogen) atoms. The molecular weight excluding hydrogens is 424 g/mol. The van der Waals surface area contributed by atoms with Crippen molar-refractivity contribution in [3.63, 3.8) is 0 Å². The number of aromatic amines is 1. The minimum atomic E-state index is -3.58. The Hall–Kier alpha value is -3.23. The third-order valence-corrected chi connectivity index (χ3v) is 6.84. The average Bonchev–Trinajstić information content (AvgIpc) is 3.11. The number of hydrogen-bond acceptors (Lipinski definition) is 5. The number of sulfone groups is 1. The number of benzene rings is 2. The molecule has 4 aromatic rings. The largest absolute Gasteiger partial charge is 0.343 e. The number of para-hydroxylation sites is 1. The molecular formula is C24H24N4O3S. The van der Waals surface area contributed by atoms with Crippen LogP contribution in [0.15, 0.2) is 70.7 Å². The van der Waals surface area contributed by atoms with Crippen LogP contribution >= 0.6 is 0 Å². The van der Waals surface area contributed by atoms with Crippen LogP contribution in [-0.4, -0.2) is 40.7 Å². The second-order valence-electron chi connectivity index (χ2n) is 8.31. The molecule has 1 aliphatic heterocycles. The molecule has 7 nitrogen and oxygen atoms in total. The van der Waals surface area contributed by atoms with Crippen molar-refractivity contribution in [1.29, 1.82) is 0 Å². The van der Waals surface area contributed by atoms with Gasteiger partial charge in [-0.2, -0.15) is 0 Å². The van der Waals surface area contributed by atoms with Crippen LogP contribution in [0.3, 0.4) is 0 Å². The topological polar surface area (TPSA) is 88.1 Å². The Morgan fingerprint density at radius 1 is 1.03 bits per heavy atom. The Kier molecular flexibility index (Phi) is 5.19. The van der Waals surface area contributed by atoms with Crippen LogP contribution in [0.25, 0.3) is 10.9 Å². The number of fused-ring (bicyclic) bond motifs is 2. The summed E-state index contributed by atoms with van der Waals surface area (Å²) in [6, 6.07) is 18.7. The van der Waals surface area contributed by atoms with Crippen molar-refractivity contribution in [1.82, 2.24) is 19.4 Å². The van der Waals surface area contributed by atoms with Gasteiger partial charge in [-0.3, -0.25) is 14.7 Å². The molecule has 0 spiro atoms. The van der Waals surface area contributed by atoms with Gasteiger partial charge in [0.05, 0.1) is 5.69 Å². The molecule has 8 heteroatoms. The first kappa shape index (κ1) is 20.7. The highest BCUT2D eigenvalue weighted by molar-refractivity contribution is 7.90. The lowest BCUT2D eigenvalue weighted by molar-refractivity contribution is 0.240. The fourth-order valence-corrected chi connectivity index (χ4v) is 4.94. The Balaban J connectivity index is 1.45. The maximum atomic E-state index is 12.4. The number of rotatable bonds is 5.